The predicted molar refractivity (Wildman–Crippen MR) is 121 cm³/mol. The van der Waals surface area contributed by atoms with E-state index in [-0.39, 0.29) is 40.8 Å². The van der Waals surface area contributed by atoms with E-state index in [0.29, 0.717) is 11.0 Å². The summed E-state index contributed by atoms with van der Waals surface area (Å²) in [6.45, 7) is 4.07. The molecular weight excluding hydrogens is 457 g/mol. The molecule has 10 heteroatoms. The molecule has 0 saturated heterocycles. The Morgan fingerprint density at radius 1 is 1.18 bits per heavy atom. The Morgan fingerprint density at radius 3 is 2.48 bits per heavy atom. The van der Waals surface area contributed by atoms with Gasteiger partial charge in [0, 0.05) is 5.69 Å². The SMILES string of the molecule is CC[C@@H](C)COC(=O)c1c(N)n(-c2ccc(Cl)c(C(F)(F)F)c2)c2nc3ccccc3nc12. The number of rotatable bonds is 5. The van der Waals surface area contributed by atoms with Crippen LogP contribution in [0.25, 0.3) is 27.9 Å². The van der Waals surface area contributed by atoms with Gasteiger partial charge in [0.25, 0.3) is 0 Å². The van der Waals surface area contributed by atoms with E-state index in [0.717, 1.165) is 18.6 Å². The summed E-state index contributed by atoms with van der Waals surface area (Å²) >= 11 is 5.78. The second kappa shape index (κ2) is 8.55. The number of anilines is 1. The molecule has 4 aromatic rings. The van der Waals surface area contributed by atoms with Gasteiger partial charge in [-0.25, -0.2) is 14.8 Å². The first kappa shape index (κ1) is 22.8. The quantitative estimate of drug-likeness (QED) is 0.355. The second-order valence-corrected chi connectivity index (χ2v) is 8.16. The Morgan fingerprint density at radius 2 is 1.85 bits per heavy atom. The van der Waals surface area contributed by atoms with Crippen molar-refractivity contribution in [2.75, 3.05) is 12.3 Å². The Hall–Kier alpha value is -3.33. The zero-order valence-electron chi connectivity index (χ0n) is 17.8. The van der Waals surface area contributed by atoms with Crippen LogP contribution in [0.4, 0.5) is 19.0 Å². The molecule has 33 heavy (non-hydrogen) atoms. The number of alkyl halides is 3. The number of nitrogens with zero attached hydrogens (tertiary/aromatic N) is 3. The van der Waals surface area contributed by atoms with E-state index in [4.69, 9.17) is 22.1 Å². The van der Waals surface area contributed by atoms with Crippen LogP contribution in [0.1, 0.15) is 36.2 Å². The minimum atomic E-state index is -4.68. The van der Waals surface area contributed by atoms with Crippen molar-refractivity contribution >= 4 is 45.6 Å². The molecule has 2 N–H and O–H groups in total. The molecule has 0 radical (unpaired) electrons. The molecule has 1 atom stereocenters. The van der Waals surface area contributed by atoms with E-state index in [9.17, 15) is 18.0 Å². The number of hydrogen-bond acceptors (Lipinski definition) is 5. The molecule has 0 bridgehead atoms. The summed E-state index contributed by atoms with van der Waals surface area (Å²) in [7, 11) is 0. The number of nitrogens with two attached hydrogens (primary N) is 1. The molecule has 2 heterocycles. The van der Waals surface area contributed by atoms with Crippen LogP contribution in [0.5, 0.6) is 0 Å². The van der Waals surface area contributed by atoms with Crippen molar-refractivity contribution in [1.29, 1.82) is 0 Å². The van der Waals surface area contributed by atoms with Gasteiger partial charge in [0.15, 0.2) is 5.65 Å². The molecule has 172 valence electrons. The van der Waals surface area contributed by atoms with Crippen molar-refractivity contribution < 1.29 is 22.7 Å². The van der Waals surface area contributed by atoms with Gasteiger partial charge in [-0.05, 0) is 36.2 Å². The summed E-state index contributed by atoms with van der Waals surface area (Å²) in [5.41, 5.74) is 6.56. The zero-order valence-corrected chi connectivity index (χ0v) is 18.5. The summed E-state index contributed by atoms with van der Waals surface area (Å²) < 4.78 is 47.1. The van der Waals surface area contributed by atoms with Crippen molar-refractivity contribution in [3.05, 3.63) is 58.6 Å². The highest BCUT2D eigenvalue weighted by molar-refractivity contribution is 6.31. The maximum absolute atomic E-state index is 13.5. The second-order valence-electron chi connectivity index (χ2n) is 7.75. The van der Waals surface area contributed by atoms with Crippen molar-refractivity contribution in [1.82, 2.24) is 14.5 Å². The number of carbonyl (C=O) groups is 1. The van der Waals surface area contributed by atoms with Gasteiger partial charge in [0.05, 0.1) is 28.2 Å². The number of aromatic nitrogens is 3. The Kier molecular flexibility index (Phi) is 5.92. The third kappa shape index (κ3) is 4.20. The third-order valence-corrected chi connectivity index (χ3v) is 5.74. The molecule has 2 aromatic carbocycles. The molecule has 0 saturated carbocycles. The van der Waals surface area contributed by atoms with Gasteiger partial charge >= 0.3 is 12.1 Å². The first-order chi connectivity index (χ1) is 15.6. The number of carbonyl (C=O) groups excluding carboxylic acids is 1. The molecule has 0 aliphatic carbocycles. The average molecular weight is 477 g/mol. The molecule has 0 amide bonds. The van der Waals surface area contributed by atoms with Crippen molar-refractivity contribution in [3.8, 4) is 5.69 Å². The predicted octanol–water partition coefficient (Wildman–Crippen LogP) is 6.03. The van der Waals surface area contributed by atoms with E-state index in [2.05, 4.69) is 9.97 Å². The minimum Gasteiger partial charge on any atom is -0.462 e. The summed E-state index contributed by atoms with van der Waals surface area (Å²) in [5.74, 6) is -0.711. The Balaban J connectivity index is 1.98. The van der Waals surface area contributed by atoms with E-state index in [1.54, 1.807) is 24.3 Å². The van der Waals surface area contributed by atoms with Gasteiger partial charge in [0.1, 0.15) is 16.9 Å². The standard InChI is InChI=1S/C23H20ClF3N4O2/c1-3-12(2)11-33-22(32)18-19-21(30-17-7-5-4-6-16(17)29-19)31(20(18)28)13-8-9-15(24)14(10-13)23(25,26)27/h4-10,12H,3,11,28H2,1-2H3/t12-/m1/s1. The number of ether oxygens (including phenoxy) is 1. The molecule has 4 rings (SSSR count). The van der Waals surface area contributed by atoms with Gasteiger partial charge in [-0.15, -0.1) is 0 Å². The highest BCUT2D eigenvalue weighted by Gasteiger charge is 2.34. The van der Waals surface area contributed by atoms with Crippen LogP contribution in [0.15, 0.2) is 42.5 Å². The van der Waals surface area contributed by atoms with Crippen LogP contribution in [0.2, 0.25) is 5.02 Å². The van der Waals surface area contributed by atoms with E-state index in [1.165, 1.54) is 10.6 Å². The molecular formula is C23H20ClF3N4O2. The number of para-hydroxylation sites is 2. The van der Waals surface area contributed by atoms with Crippen LogP contribution in [0.3, 0.4) is 0 Å². The number of benzene rings is 2. The number of halogens is 4. The lowest BCUT2D eigenvalue weighted by Gasteiger charge is -2.13. The molecule has 0 aliphatic rings. The van der Waals surface area contributed by atoms with Crippen LogP contribution < -0.4 is 5.73 Å². The van der Waals surface area contributed by atoms with Crippen LogP contribution in [-0.4, -0.2) is 27.1 Å². The number of esters is 1. The molecule has 0 aliphatic heterocycles. The van der Waals surface area contributed by atoms with E-state index < -0.39 is 22.7 Å². The van der Waals surface area contributed by atoms with Gasteiger partial charge in [-0.2, -0.15) is 13.2 Å². The van der Waals surface area contributed by atoms with Crippen molar-refractivity contribution in [2.24, 2.45) is 5.92 Å². The topological polar surface area (TPSA) is 83.0 Å². The van der Waals surface area contributed by atoms with Gasteiger partial charge < -0.3 is 10.5 Å². The fourth-order valence-corrected chi connectivity index (χ4v) is 3.63. The molecule has 2 aromatic heterocycles. The first-order valence-electron chi connectivity index (χ1n) is 10.2. The zero-order chi connectivity index (χ0) is 23.9. The summed E-state index contributed by atoms with van der Waals surface area (Å²) in [4.78, 5) is 22.0. The van der Waals surface area contributed by atoms with Gasteiger partial charge in [0.2, 0.25) is 0 Å². The lowest BCUT2D eigenvalue weighted by atomic mass is 10.1. The molecule has 0 fully saturated rings. The van der Waals surface area contributed by atoms with Crippen LogP contribution in [0, 0.1) is 5.92 Å². The van der Waals surface area contributed by atoms with Crippen molar-refractivity contribution in [2.45, 2.75) is 26.4 Å². The molecule has 0 unspecified atom stereocenters. The molecule has 6 nitrogen and oxygen atoms in total. The van der Waals surface area contributed by atoms with Gasteiger partial charge in [-0.1, -0.05) is 44.0 Å². The maximum Gasteiger partial charge on any atom is 0.417 e. The normalized spacial score (nSPS) is 12.9. The van der Waals surface area contributed by atoms with Crippen molar-refractivity contribution in [3.63, 3.8) is 0 Å². The number of fused-ring (bicyclic) bond motifs is 2. The Labute approximate surface area is 192 Å². The molecule has 0 spiro atoms. The Bertz CT molecular complexity index is 1370. The summed E-state index contributed by atoms with van der Waals surface area (Å²) in [6.07, 6.45) is -3.87. The highest BCUT2D eigenvalue weighted by atomic mass is 35.5. The maximum atomic E-state index is 13.5. The number of hydrogen-bond donors (Lipinski definition) is 1. The van der Waals surface area contributed by atoms with Crippen LogP contribution >= 0.6 is 11.6 Å². The first-order valence-corrected chi connectivity index (χ1v) is 10.6. The van der Waals surface area contributed by atoms with E-state index >= 15 is 0 Å². The largest absolute Gasteiger partial charge is 0.462 e. The lowest BCUT2D eigenvalue weighted by molar-refractivity contribution is -0.137. The number of nitrogen functional groups attached to an aromatic ring is 1. The van der Waals surface area contributed by atoms with Crippen LogP contribution in [-0.2, 0) is 10.9 Å². The summed E-state index contributed by atoms with van der Waals surface area (Å²) in [5, 5.41) is -0.453. The average Bonchev–Trinajstić information content (AvgIpc) is 3.06. The van der Waals surface area contributed by atoms with Gasteiger partial charge in [-0.3, -0.25) is 4.57 Å². The lowest BCUT2D eigenvalue weighted by Crippen LogP contribution is -2.14. The smallest absolute Gasteiger partial charge is 0.417 e. The monoisotopic (exact) mass is 476 g/mol. The fraction of sp³-hybridized carbons (Fsp3) is 0.261. The summed E-state index contributed by atoms with van der Waals surface area (Å²) in [6, 6.07) is 10.3. The third-order valence-electron chi connectivity index (χ3n) is 5.41. The minimum absolute atomic E-state index is 0.0415. The fourth-order valence-electron chi connectivity index (χ4n) is 3.40. The van der Waals surface area contributed by atoms with E-state index in [1.807, 2.05) is 13.8 Å². The highest BCUT2D eigenvalue weighted by Crippen LogP contribution is 2.38.